The zero-order valence-corrected chi connectivity index (χ0v) is 19.1. The molecule has 1 saturated carbocycles. The van der Waals surface area contributed by atoms with Crippen LogP contribution in [0.4, 0.5) is 0 Å². The van der Waals surface area contributed by atoms with Crippen LogP contribution < -0.4 is 0 Å². The molecule has 4 aliphatic rings. The second-order valence-electron chi connectivity index (χ2n) is 9.80. The van der Waals surface area contributed by atoms with Gasteiger partial charge in [-0.3, -0.25) is 10.1 Å². The maximum Gasteiger partial charge on any atom is 0.319 e. The lowest BCUT2D eigenvalue weighted by atomic mass is 9.59. The van der Waals surface area contributed by atoms with Crippen LogP contribution in [0.2, 0.25) is 18.1 Å². The molecule has 4 fully saturated rings. The minimum Gasteiger partial charge on any atom is -0.469 e. The first-order valence-corrected chi connectivity index (χ1v) is 12.9. The topological polar surface area (TPSA) is 113 Å². The molecule has 4 bridgehead atoms. The lowest BCUT2D eigenvalue weighted by Gasteiger charge is -2.64. The number of nitro groups is 1. The van der Waals surface area contributed by atoms with E-state index in [4.69, 9.17) is 23.1 Å². The highest BCUT2D eigenvalue weighted by atomic mass is 28.4. The first kappa shape index (κ1) is 21.7. The van der Waals surface area contributed by atoms with Gasteiger partial charge >= 0.3 is 5.97 Å². The molecule has 10 heteroatoms. The molecule has 0 spiro atoms. The van der Waals surface area contributed by atoms with Crippen molar-refractivity contribution in [3.8, 4) is 0 Å². The lowest BCUT2D eigenvalue weighted by molar-refractivity contribution is -0.660. The SMILES string of the molecule is C=C1[C@H]2O[C@@]3(OC)O[C@@H]1[C@H](O[Si](C)(C)C(C)(C)C)[C@@]([N+](=O)[O-])([C@@H]2c1ccco1)[C@H]3O. The number of nitrogens with zero attached hydrogens (tertiary/aromatic N) is 1. The zero-order chi connectivity index (χ0) is 22.3. The fourth-order valence-corrected chi connectivity index (χ4v) is 5.95. The Balaban J connectivity index is 1.95. The van der Waals surface area contributed by atoms with Gasteiger partial charge in [-0.1, -0.05) is 27.4 Å². The molecule has 1 aromatic heterocycles. The molecule has 3 aliphatic heterocycles. The Labute approximate surface area is 176 Å². The van der Waals surface area contributed by atoms with Crippen molar-refractivity contribution in [3.05, 3.63) is 46.4 Å². The fraction of sp³-hybridized carbons (Fsp3) is 0.700. The second kappa shape index (κ2) is 6.47. The minimum absolute atomic E-state index is 0.221. The van der Waals surface area contributed by atoms with E-state index in [9.17, 15) is 15.2 Å². The van der Waals surface area contributed by atoms with E-state index in [0.717, 1.165) is 0 Å². The molecule has 166 valence electrons. The summed E-state index contributed by atoms with van der Waals surface area (Å²) in [5.41, 5.74) is -1.49. The summed E-state index contributed by atoms with van der Waals surface area (Å²) in [6.45, 7) is 14.3. The summed E-state index contributed by atoms with van der Waals surface area (Å²) in [5, 5.41) is 24.0. The van der Waals surface area contributed by atoms with Crippen LogP contribution in [0.1, 0.15) is 32.4 Å². The molecule has 0 unspecified atom stereocenters. The molecule has 30 heavy (non-hydrogen) atoms. The summed E-state index contributed by atoms with van der Waals surface area (Å²) in [4.78, 5) is 12.4. The van der Waals surface area contributed by atoms with Crippen LogP contribution in [0.25, 0.3) is 0 Å². The number of ether oxygens (including phenoxy) is 3. The van der Waals surface area contributed by atoms with E-state index in [1.54, 1.807) is 12.1 Å². The third-order valence-corrected chi connectivity index (χ3v) is 11.8. The van der Waals surface area contributed by atoms with Crippen molar-refractivity contribution in [1.82, 2.24) is 0 Å². The largest absolute Gasteiger partial charge is 0.469 e. The standard InChI is InChI=1S/C20H29NO8Si/c1-11-14-13(12-9-8-10-26-12)19(21(23)24)16(29-30(6,7)18(2,3)4)15(11)28-20(25-5,27-14)17(19)22/h8-10,13-17,22H,1H2,2-7H3/t13-,14-,15+,16+,17-,19+,20-/m1/s1. The van der Waals surface area contributed by atoms with Crippen LogP contribution in [0.5, 0.6) is 0 Å². The van der Waals surface area contributed by atoms with Crippen LogP contribution in [0.3, 0.4) is 0 Å². The summed E-state index contributed by atoms with van der Waals surface area (Å²) >= 11 is 0. The summed E-state index contributed by atoms with van der Waals surface area (Å²) in [6, 6.07) is 3.29. The van der Waals surface area contributed by atoms with Crippen molar-refractivity contribution >= 4 is 8.32 Å². The molecule has 9 nitrogen and oxygen atoms in total. The van der Waals surface area contributed by atoms with Crippen molar-refractivity contribution in [2.24, 2.45) is 0 Å². The summed E-state index contributed by atoms with van der Waals surface area (Å²) in [5.74, 6) is -2.60. The molecule has 3 saturated heterocycles. The second-order valence-corrected chi connectivity index (χ2v) is 14.6. The summed E-state index contributed by atoms with van der Waals surface area (Å²) < 4.78 is 29.5. The van der Waals surface area contributed by atoms with E-state index in [1.807, 2.05) is 33.9 Å². The maximum absolute atomic E-state index is 12.8. The van der Waals surface area contributed by atoms with Crippen LogP contribution in [-0.4, -0.2) is 61.4 Å². The third kappa shape index (κ3) is 2.52. The highest BCUT2D eigenvalue weighted by Crippen LogP contribution is 2.62. The Kier molecular flexibility index (Phi) is 4.67. The number of methoxy groups -OCH3 is 1. The molecule has 1 aromatic rings. The highest BCUT2D eigenvalue weighted by molar-refractivity contribution is 6.74. The summed E-state index contributed by atoms with van der Waals surface area (Å²) in [7, 11) is -1.23. The molecule has 0 amide bonds. The Morgan fingerprint density at radius 1 is 1.30 bits per heavy atom. The maximum atomic E-state index is 12.8. The van der Waals surface area contributed by atoms with Gasteiger partial charge in [-0.2, -0.15) is 0 Å². The predicted molar refractivity (Wildman–Crippen MR) is 108 cm³/mol. The van der Waals surface area contributed by atoms with Crippen molar-refractivity contribution in [3.63, 3.8) is 0 Å². The summed E-state index contributed by atoms with van der Waals surface area (Å²) in [6.07, 6.45) is -3.10. The molecule has 5 rings (SSSR count). The normalized spacial score (nSPS) is 40.8. The van der Waals surface area contributed by atoms with E-state index in [2.05, 4.69) is 6.58 Å². The van der Waals surface area contributed by atoms with Gasteiger partial charge in [-0.25, -0.2) is 0 Å². The van der Waals surface area contributed by atoms with E-state index >= 15 is 0 Å². The zero-order valence-electron chi connectivity index (χ0n) is 18.1. The van der Waals surface area contributed by atoms with Crippen LogP contribution >= 0.6 is 0 Å². The van der Waals surface area contributed by atoms with Gasteiger partial charge in [0.25, 0.3) is 5.54 Å². The average Bonchev–Trinajstić information content (AvgIpc) is 3.16. The molecular weight excluding hydrogens is 410 g/mol. The average molecular weight is 440 g/mol. The number of furan rings is 1. The first-order valence-electron chi connectivity index (χ1n) is 9.96. The Bertz CT molecular complexity index is 865. The number of rotatable bonds is 5. The quantitative estimate of drug-likeness (QED) is 0.322. The smallest absolute Gasteiger partial charge is 0.319 e. The lowest BCUT2D eigenvalue weighted by Crippen LogP contribution is -2.86. The number of hydrogen-bond donors (Lipinski definition) is 1. The monoisotopic (exact) mass is 439 g/mol. The third-order valence-electron chi connectivity index (χ3n) is 7.30. The number of aliphatic hydroxyl groups is 1. The van der Waals surface area contributed by atoms with Crippen molar-refractivity contribution in [1.29, 1.82) is 0 Å². The molecule has 4 heterocycles. The predicted octanol–water partition coefficient (Wildman–Crippen LogP) is 2.80. The highest BCUT2D eigenvalue weighted by Gasteiger charge is 2.85. The van der Waals surface area contributed by atoms with Gasteiger partial charge in [0.15, 0.2) is 8.32 Å². The van der Waals surface area contributed by atoms with Crippen molar-refractivity contribution in [2.45, 2.75) is 80.7 Å². The molecule has 7 atom stereocenters. The van der Waals surface area contributed by atoms with Crippen LogP contribution in [0.15, 0.2) is 35.0 Å². The molecule has 1 N–H and O–H groups in total. The van der Waals surface area contributed by atoms with E-state index in [-0.39, 0.29) is 5.04 Å². The first-order chi connectivity index (χ1) is 13.8. The van der Waals surface area contributed by atoms with E-state index < -0.39 is 55.1 Å². The Hall–Kier alpha value is -1.56. The number of aliphatic hydroxyl groups excluding tert-OH is 1. The minimum atomic E-state index is -2.52. The van der Waals surface area contributed by atoms with Gasteiger partial charge < -0.3 is 28.2 Å². The Morgan fingerprint density at radius 2 is 1.93 bits per heavy atom. The van der Waals surface area contributed by atoms with Gasteiger partial charge in [0.1, 0.15) is 30.0 Å². The molecule has 0 aromatic carbocycles. The molecule has 1 aliphatic carbocycles. The Morgan fingerprint density at radius 3 is 2.43 bits per heavy atom. The van der Waals surface area contributed by atoms with Gasteiger partial charge in [-0.05, 0) is 35.8 Å². The molecular formula is C20H29NO8Si. The number of hydrogen-bond acceptors (Lipinski definition) is 8. The van der Waals surface area contributed by atoms with Crippen molar-refractivity contribution in [2.75, 3.05) is 7.11 Å². The van der Waals surface area contributed by atoms with Gasteiger partial charge in [0.2, 0.25) is 6.10 Å². The van der Waals surface area contributed by atoms with Gasteiger partial charge in [-0.15, -0.1) is 0 Å². The van der Waals surface area contributed by atoms with E-state index in [0.29, 0.717) is 11.3 Å². The van der Waals surface area contributed by atoms with Gasteiger partial charge in [0.05, 0.1) is 6.26 Å². The van der Waals surface area contributed by atoms with Gasteiger partial charge in [0, 0.05) is 12.0 Å². The fourth-order valence-electron chi connectivity index (χ4n) is 4.65. The van der Waals surface area contributed by atoms with E-state index in [1.165, 1.54) is 13.4 Å². The van der Waals surface area contributed by atoms with Crippen molar-refractivity contribution < 1.29 is 33.1 Å². The van der Waals surface area contributed by atoms with Crippen LogP contribution in [-0.2, 0) is 18.6 Å². The van der Waals surface area contributed by atoms with Crippen LogP contribution in [0, 0.1) is 10.1 Å². The molecule has 0 radical (unpaired) electrons.